The van der Waals surface area contributed by atoms with E-state index in [1.165, 1.54) is 11.1 Å². The third-order valence-electron chi connectivity index (χ3n) is 4.95. The molecule has 1 saturated heterocycles. The van der Waals surface area contributed by atoms with Crippen molar-refractivity contribution in [2.45, 2.75) is 38.8 Å². The van der Waals surface area contributed by atoms with Gasteiger partial charge in [-0.15, -0.1) is 0 Å². The fraction of sp³-hybridized carbons (Fsp3) is 0.556. The van der Waals surface area contributed by atoms with E-state index in [0.29, 0.717) is 5.92 Å². The van der Waals surface area contributed by atoms with E-state index in [0.717, 1.165) is 45.4 Å². The van der Waals surface area contributed by atoms with Crippen molar-refractivity contribution in [3.05, 3.63) is 35.4 Å². The summed E-state index contributed by atoms with van der Waals surface area (Å²) in [6.45, 7) is 4.63. The Balaban J connectivity index is 1.51. The zero-order chi connectivity index (χ0) is 16.2. The normalized spacial score (nSPS) is 21.6. The zero-order valence-corrected chi connectivity index (χ0v) is 13.7. The quantitative estimate of drug-likeness (QED) is 0.877. The first kappa shape index (κ1) is 16.0. The number of nitrogens with zero attached hydrogens (tertiary/aromatic N) is 1. The first-order valence-corrected chi connectivity index (χ1v) is 8.47. The molecule has 2 aliphatic rings. The second-order valence-corrected chi connectivity index (χ2v) is 6.61. The van der Waals surface area contributed by atoms with E-state index in [2.05, 4.69) is 22.8 Å². The minimum absolute atomic E-state index is 0.0218. The third-order valence-corrected chi connectivity index (χ3v) is 4.95. The Morgan fingerprint density at radius 3 is 2.61 bits per heavy atom. The van der Waals surface area contributed by atoms with Crippen molar-refractivity contribution in [3.8, 4) is 0 Å². The molecule has 3 rings (SSSR count). The van der Waals surface area contributed by atoms with Crippen LogP contribution in [0.5, 0.6) is 0 Å². The van der Waals surface area contributed by atoms with Gasteiger partial charge in [0.1, 0.15) is 0 Å². The molecule has 0 aliphatic carbocycles. The molecule has 2 N–H and O–H groups in total. The molecule has 0 spiro atoms. The molecule has 0 radical (unpaired) electrons. The average molecular weight is 315 g/mol. The highest BCUT2D eigenvalue weighted by molar-refractivity contribution is 5.82. The summed E-state index contributed by atoms with van der Waals surface area (Å²) in [4.78, 5) is 25.7. The number of benzene rings is 1. The molecule has 23 heavy (non-hydrogen) atoms. The standard InChI is InChI=1S/C18H25N3O2/c1-13(22)19-11-14-6-8-21(9-7-14)18(23)17-10-15-4-2-3-5-16(15)12-20-17/h2-5,14,17,20H,6-12H2,1H3,(H,19,22). The maximum absolute atomic E-state index is 12.7. The molecular formula is C18H25N3O2. The molecular weight excluding hydrogens is 290 g/mol. The molecule has 1 fully saturated rings. The number of nitrogens with one attached hydrogen (secondary N) is 2. The molecule has 1 unspecified atom stereocenters. The summed E-state index contributed by atoms with van der Waals surface area (Å²) in [6, 6.07) is 8.23. The lowest BCUT2D eigenvalue weighted by atomic mass is 9.93. The van der Waals surface area contributed by atoms with Gasteiger partial charge < -0.3 is 15.5 Å². The van der Waals surface area contributed by atoms with Crippen LogP contribution in [0.25, 0.3) is 0 Å². The van der Waals surface area contributed by atoms with Crippen molar-refractivity contribution < 1.29 is 9.59 Å². The van der Waals surface area contributed by atoms with Crippen LogP contribution in [0, 0.1) is 5.92 Å². The number of hydrogen-bond acceptors (Lipinski definition) is 3. The van der Waals surface area contributed by atoms with Crippen molar-refractivity contribution in [2.24, 2.45) is 5.92 Å². The van der Waals surface area contributed by atoms with Gasteiger partial charge in [-0.2, -0.15) is 0 Å². The monoisotopic (exact) mass is 315 g/mol. The fourth-order valence-electron chi connectivity index (χ4n) is 3.49. The van der Waals surface area contributed by atoms with Crippen LogP contribution in [0.3, 0.4) is 0 Å². The van der Waals surface area contributed by atoms with E-state index < -0.39 is 0 Å². The second kappa shape index (κ2) is 7.13. The lowest BCUT2D eigenvalue weighted by Gasteiger charge is -2.36. The van der Waals surface area contributed by atoms with Gasteiger partial charge in [-0.1, -0.05) is 24.3 Å². The van der Waals surface area contributed by atoms with Crippen LogP contribution in [-0.4, -0.2) is 42.4 Å². The molecule has 5 nitrogen and oxygen atoms in total. The van der Waals surface area contributed by atoms with Gasteiger partial charge >= 0.3 is 0 Å². The van der Waals surface area contributed by atoms with Gasteiger partial charge in [-0.3, -0.25) is 9.59 Å². The number of fused-ring (bicyclic) bond motifs is 1. The predicted octanol–water partition coefficient (Wildman–Crippen LogP) is 1.08. The largest absolute Gasteiger partial charge is 0.356 e. The molecule has 1 aromatic rings. The van der Waals surface area contributed by atoms with E-state index in [4.69, 9.17) is 0 Å². The van der Waals surface area contributed by atoms with Crippen LogP contribution in [0.2, 0.25) is 0 Å². The first-order chi connectivity index (χ1) is 11.1. The van der Waals surface area contributed by atoms with Gasteiger partial charge in [-0.25, -0.2) is 0 Å². The van der Waals surface area contributed by atoms with Crippen molar-refractivity contribution in [2.75, 3.05) is 19.6 Å². The van der Waals surface area contributed by atoms with Gasteiger partial charge in [0.05, 0.1) is 6.04 Å². The van der Waals surface area contributed by atoms with Crippen LogP contribution in [0.4, 0.5) is 0 Å². The highest BCUT2D eigenvalue weighted by Gasteiger charge is 2.30. The third kappa shape index (κ3) is 3.91. The molecule has 124 valence electrons. The highest BCUT2D eigenvalue weighted by atomic mass is 16.2. The lowest BCUT2D eigenvalue weighted by molar-refractivity contribution is -0.135. The number of piperidine rings is 1. The van der Waals surface area contributed by atoms with Gasteiger partial charge in [-0.05, 0) is 36.3 Å². The average Bonchev–Trinajstić information content (AvgIpc) is 2.59. The van der Waals surface area contributed by atoms with Crippen molar-refractivity contribution in [3.63, 3.8) is 0 Å². The number of carbonyl (C=O) groups is 2. The maximum Gasteiger partial charge on any atom is 0.240 e. The van der Waals surface area contributed by atoms with Gasteiger partial charge in [0.25, 0.3) is 0 Å². The number of carbonyl (C=O) groups excluding carboxylic acids is 2. The van der Waals surface area contributed by atoms with Crippen LogP contribution >= 0.6 is 0 Å². The van der Waals surface area contributed by atoms with E-state index in [1.54, 1.807) is 6.92 Å². The minimum Gasteiger partial charge on any atom is -0.356 e. The van der Waals surface area contributed by atoms with Crippen LogP contribution in [-0.2, 0) is 22.6 Å². The Kier molecular flexibility index (Phi) is 4.96. The molecule has 5 heteroatoms. The van der Waals surface area contributed by atoms with E-state index >= 15 is 0 Å². The van der Waals surface area contributed by atoms with Crippen LogP contribution < -0.4 is 10.6 Å². The molecule has 1 aromatic carbocycles. The summed E-state index contributed by atoms with van der Waals surface area (Å²) >= 11 is 0. The molecule has 0 bridgehead atoms. The van der Waals surface area contributed by atoms with Crippen LogP contribution in [0.1, 0.15) is 30.9 Å². The smallest absolute Gasteiger partial charge is 0.240 e. The molecule has 2 aliphatic heterocycles. The molecule has 2 heterocycles. The summed E-state index contributed by atoms with van der Waals surface area (Å²) < 4.78 is 0. The molecule has 1 atom stereocenters. The molecule has 0 aromatic heterocycles. The van der Waals surface area contributed by atoms with Crippen molar-refractivity contribution in [1.82, 2.24) is 15.5 Å². The lowest BCUT2D eigenvalue weighted by Crippen LogP contribution is -2.52. The highest BCUT2D eigenvalue weighted by Crippen LogP contribution is 2.21. The predicted molar refractivity (Wildman–Crippen MR) is 88.8 cm³/mol. The maximum atomic E-state index is 12.7. The van der Waals surface area contributed by atoms with Gasteiger partial charge in [0, 0.05) is 33.1 Å². The Morgan fingerprint density at radius 2 is 1.91 bits per heavy atom. The Morgan fingerprint density at radius 1 is 1.22 bits per heavy atom. The Bertz CT molecular complexity index is 579. The van der Waals surface area contributed by atoms with Crippen molar-refractivity contribution >= 4 is 11.8 Å². The number of rotatable bonds is 3. The summed E-state index contributed by atoms with van der Waals surface area (Å²) in [5.41, 5.74) is 2.58. The number of hydrogen-bond donors (Lipinski definition) is 2. The topological polar surface area (TPSA) is 61.4 Å². The molecule has 2 amide bonds. The minimum atomic E-state index is -0.100. The number of likely N-dealkylation sites (tertiary alicyclic amines) is 1. The summed E-state index contributed by atoms with van der Waals surface area (Å²) in [5, 5.41) is 6.25. The summed E-state index contributed by atoms with van der Waals surface area (Å²) in [7, 11) is 0. The molecule has 0 saturated carbocycles. The van der Waals surface area contributed by atoms with Gasteiger partial charge in [0.2, 0.25) is 11.8 Å². The van der Waals surface area contributed by atoms with E-state index in [9.17, 15) is 9.59 Å². The zero-order valence-electron chi connectivity index (χ0n) is 13.7. The summed E-state index contributed by atoms with van der Waals surface area (Å²) in [6.07, 6.45) is 2.71. The SMILES string of the molecule is CC(=O)NCC1CCN(C(=O)C2Cc3ccccc3CN2)CC1. The van der Waals surface area contributed by atoms with Crippen molar-refractivity contribution in [1.29, 1.82) is 0 Å². The first-order valence-electron chi connectivity index (χ1n) is 8.47. The fourth-order valence-corrected chi connectivity index (χ4v) is 3.49. The summed E-state index contributed by atoms with van der Waals surface area (Å²) in [5.74, 6) is 0.731. The Labute approximate surface area is 137 Å². The Hall–Kier alpha value is -1.88. The van der Waals surface area contributed by atoms with E-state index in [1.807, 2.05) is 17.0 Å². The number of amides is 2. The van der Waals surface area contributed by atoms with Gasteiger partial charge in [0.15, 0.2) is 0 Å². The second-order valence-electron chi connectivity index (χ2n) is 6.61. The van der Waals surface area contributed by atoms with Crippen LogP contribution in [0.15, 0.2) is 24.3 Å². The van der Waals surface area contributed by atoms with E-state index in [-0.39, 0.29) is 17.9 Å².